The molecule has 0 amide bonds. The van der Waals surface area contributed by atoms with Gasteiger partial charge >= 0.3 is 5.97 Å². The number of halogens is 1. The fraction of sp³-hybridized carbons (Fsp3) is 0.111. The number of carboxylic acid groups (broad SMARTS) is 1. The zero-order valence-electron chi connectivity index (χ0n) is 12.7. The number of Topliss-reactive ketones (excluding diaryl/α,β-unsaturated/α-hetero) is 1. The molecule has 5 nitrogen and oxygen atoms in total. The zero-order valence-corrected chi connectivity index (χ0v) is 14.2. The number of aliphatic carboxylic acids is 1. The Morgan fingerprint density at radius 1 is 1.29 bits per heavy atom. The minimum Gasteiger partial charge on any atom is -0.479 e. The van der Waals surface area contributed by atoms with Crippen LogP contribution in [-0.2, 0) is 4.79 Å². The molecule has 0 saturated heterocycles. The maximum Gasteiger partial charge on any atom is 0.344 e. The first kappa shape index (κ1) is 16.3. The lowest BCUT2D eigenvalue weighted by Crippen LogP contribution is -2.22. The fourth-order valence-electron chi connectivity index (χ4n) is 2.23. The molecule has 0 fully saturated rings. The largest absolute Gasteiger partial charge is 0.479 e. The number of hydrogen-bond acceptors (Lipinski definition) is 4. The molecule has 0 aliphatic carbocycles. The molecule has 0 radical (unpaired) electrons. The van der Waals surface area contributed by atoms with Gasteiger partial charge in [0.25, 0.3) is 0 Å². The number of rotatable bonds is 4. The molecule has 122 valence electrons. The van der Waals surface area contributed by atoms with Crippen LogP contribution in [0.25, 0.3) is 6.08 Å². The van der Waals surface area contributed by atoms with Crippen molar-refractivity contribution in [1.29, 1.82) is 0 Å². The van der Waals surface area contributed by atoms with Crippen molar-refractivity contribution in [2.75, 3.05) is 0 Å². The molecule has 3 rings (SSSR count). The normalized spacial score (nSPS) is 15.8. The van der Waals surface area contributed by atoms with E-state index >= 15 is 0 Å². The van der Waals surface area contributed by atoms with E-state index in [-0.39, 0.29) is 11.5 Å². The van der Waals surface area contributed by atoms with Crippen molar-refractivity contribution >= 4 is 33.8 Å². The molecule has 1 heterocycles. The summed E-state index contributed by atoms with van der Waals surface area (Å²) in [6.45, 7) is 1.43. The lowest BCUT2D eigenvalue weighted by molar-refractivity contribution is -0.144. The van der Waals surface area contributed by atoms with Crippen LogP contribution in [0.1, 0.15) is 22.8 Å². The van der Waals surface area contributed by atoms with Crippen molar-refractivity contribution in [3.05, 3.63) is 63.8 Å². The van der Waals surface area contributed by atoms with E-state index in [9.17, 15) is 9.59 Å². The summed E-state index contributed by atoms with van der Waals surface area (Å²) in [6, 6.07) is 12.1. The summed E-state index contributed by atoms with van der Waals surface area (Å²) in [5.41, 5.74) is 1.24. The summed E-state index contributed by atoms with van der Waals surface area (Å²) < 4.78 is 11.8. The molecule has 0 bridgehead atoms. The van der Waals surface area contributed by atoms with Crippen molar-refractivity contribution in [1.82, 2.24) is 0 Å². The topological polar surface area (TPSA) is 72.8 Å². The summed E-state index contributed by atoms with van der Waals surface area (Å²) in [5, 5.41) is 8.89. The molecule has 1 aliphatic rings. The number of carboxylic acids is 1. The van der Waals surface area contributed by atoms with Crippen LogP contribution in [0.5, 0.6) is 11.5 Å². The van der Waals surface area contributed by atoms with Crippen molar-refractivity contribution in [2.24, 2.45) is 0 Å². The number of carbonyl (C=O) groups is 2. The molecule has 1 aliphatic heterocycles. The maximum atomic E-state index is 12.4. The van der Waals surface area contributed by atoms with E-state index in [1.807, 2.05) is 24.3 Å². The van der Waals surface area contributed by atoms with Crippen LogP contribution in [0.4, 0.5) is 0 Å². The molecule has 0 aromatic heterocycles. The first-order valence-corrected chi connectivity index (χ1v) is 7.97. The van der Waals surface area contributed by atoms with E-state index in [1.54, 1.807) is 18.2 Å². The summed E-state index contributed by atoms with van der Waals surface area (Å²) in [5.74, 6) is -0.395. The fourth-order valence-corrected chi connectivity index (χ4v) is 2.63. The second-order valence-electron chi connectivity index (χ2n) is 5.22. The molecule has 2 aromatic carbocycles. The predicted octanol–water partition coefficient (Wildman–Crippen LogP) is 3.92. The maximum absolute atomic E-state index is 12.4. The Hall–Kier alpha value is -2.60. The van der Waals surface area contributed by atoms with E-state index in [1.165, 1.54) is 13.0 Å². The van der Waals surface area contributed by atoms with Gasteiger partial charge in [-0.25, -0.2) is 4.79 Å². The van der Waals surface area contributed by atoms with Gasteiger partial charge in [-0.1, -0.05) is 34.1 Å². The van der Waals surface area contributed by atoms with Crippen molar-refractivity contribution in [3.63, 3.8) is 0 Å². The highest BCUT2D eigenvalue weighted by Crippen LogP contribution is 2.35. The highest BCUT2D eigenvalue weighted by molar-refractivity contribution is 9.10. The quantitative estimate of drug-likeness (QED) is 0.803. The van der Waals surface area contributed by atoms with Crippen LogP contribution >= 0.6 is 15.9 Å². The third-order valence-corrected chi connectivity index (χ3v) is 4.22. The minimum atomic E-state index is -1.07. The Balaban J connectivity index is 1.88. The van der Waals surface area contributed by atoms with Crippen molar-refractivity contribution in [3.8, 4) is 11.5 Å². The van der Waals surface area contributed by atoms with Gasteiger partial charge in [-0.2, -0.15) is 0 Å². The first-order valence-electron chi connectivity index (χ1n) is 7.18. The van der Waals surface area contributed by atoms with E-state index in [0.717, 1.165) is 10.0 Å². The molecular formula is C18H13BrO5. The van der Waals surface area contributed by atoms with Gasteiger partial charge in [-0.15, -0.1) is 0 Å². The molecule has 6 heteroatoms. The molecule has 1 N–H and O–H groups in total. The summed E-state index contributed by atoms with van der Waals surface area (Å²) in [7, 11) is 0. The van der Waals surface area contributed by atoms with E-state index < -0.39 is 12.1 Å². The number of fused-ring (bicyclic) bond motifs is 1. The Kier molecular flexibility index (Phi) is 4.40. The standard InChI is InChI=1S/C18H13BrO5/c1-10(18(21)22)23-12-6-7-13-15(9-12)24-16(17(13)20)8-11-4-2-3-5-14(11)19/h2-10H,1H3,(H,21,22)/b16-8-/t10-/m0/s1. The average Bonchev–Trinajstić information content (AvgIpc) is 2.85. The summed E-state index contributed by atoms with van der Waals surface area (Å²) in [6.07, 6.45) is 0.669. The number of carbonyl (C=O) groups excluding carboxylic acids is 1. The molecule has 0 unspecified atom stereocenters. The second-order valence-corrected chi connectivity index (χ2v) is 6.07. The molecular weight excluding hydrogens is 376 g/mol. The number of hydrogen-bond donors (Lipinski definition) is 1. The molecule has 2 aromatic rings. The van der Waals surface area contributed by atoms with Gasteiger partial charge < -0.3 is 14.6 Å². The highest BCUT2D eigenvalue weighted by Gasteiger charge is 2.28. The van der Waals surface area contributed by atoms with Crippen LogP contribution in [0.15, 0.2) is 52.7 Å². The van der Waals surface area contributed by atoms with Gasteiger partial charge in [0.1, 0.15) is 11.5 Å². The second kappa shape index (κ2) is 6.49. The van der Waals surface area contributed by atoms with E-state index in [2.05, 4.69) is 15.9 Å². The Morgan fingerprint density at radius 3 is 2.75 bits per heavy atom. The Labute approximate surface area is 146 Å². The third kappa shape index (κ3) is 3.19. The van der Waals surface area contributed by atoms with Gasteiger partial charge in [0.15, 0.2) is 11.9 Å². The Morgan fingerprint density at radius 2 is 2.04 bits per heavy atom. The molecule has 1 atom stereocenters. The highest BCUT2D eigenvalue weighted by atomic mass is 79.9. The lowest BCUT2D eigenvalue weighted by atomic mass is 10.1. The number of benzene rings is 2. The molecule has 0 spiro atoms. The summed E-state index contributed by atoms with van der Waals surface area (Å²) >= 11 is 3.42. The number of allylic oxidation sites excluding steroid dienone is 1. The van der Waals surface area contributed by atoms with Gasteiger partial charge in [-0.3, -0.25) is 4.79 Å². The number of ketones is 1. The molecule has 0 saturated carbocycles. The Bertz CT molecular complexity index is 856. The van der Waals surface area contributed by atoms with E-state index in [0.29, 0.717) is 17.1 Å². The van der Waals surface area contributed by atoms with Gasteiger partial charge in [0.05, 0.1) is 5.56 Å². The van der Waals surface area contributed by atoms with Crippen LogP contribution < -0.4 is 9.47 Å². The van der Waals surface area contributed by atoms with Crippen LogP contribution in [0, 0.1) is 0 Å². The SMILES string of the molecule is C[C@H](Oc1ccc2c(c1)O/C(=C\c1ccccc1Br)C2=O)C(=O)O. The van der Waals surface area contributed by atoms with Crippen molar-refractivity contribution < 1.29 is 24.2 Å². The van der Waals surface area contributed by atoms with Crippen LogP contribution in [0.2, 0.25) is 0 Å². The van der Waals surface area contributed by atoms with Gasteiger partial charge in [0, 0.05) is 10.5 Å². The monoisotopic (exact) mass is 388 g/mol. The zero-order chi connectivity index (χ0) is 17.3. The van der Waals surface area contributed by atoms with Crippen molar-refractivity contribution in [2.45, 2.75) is 13.0 Å². The van der Waals surface area contributed by atoms with Crippen LogP contribution in [0.3, 0.4) is 0 Å². The van der Waals surface area contributed by atoms with E-state index in [4.69, 9.17) is 14.6 Å². The van der Waals surface area contributed by atoms with Crippen LogP contribution in [-0.4, -0.2) is 23.0 Å². The summed E-state index contributed by atoms with van der Waals surface area (Å²) in [4.78, 5) is 23.3. The first-order chi connectivity index (χ1) is 11.5. The minimum absolute atomic E-state index is 0.209. The smallest absolute Gasteiger partial charge is 0.344 e. The predicted molar refractivity (Wildman–Crippen MR) is 91.2 cm³/mol. The van der Waals surface area contributed by atoms with Gasteiger partial charge in [0.2, 0.25) is 5.78 Å². The third-order valence-electron chi connectivity index (χ3n) is 3.49. The van der Waals surface area contributed by atoms with Gasteiger partial charge in [-0.05, 0) is 36.8 Å². The average molecular weight is 389 g/mol. The lowest BCUT2D eigenvalue weighted by Gasteiger charge is -2.10. The molecule has 24 heavy (non-hydrogen) atoms. The number of ether oxygens (including phenoxy) is 2.